The molecule has 9 nitrogen and oxygen atoms in total. The molecule has 0 saturated heterocycles. The van der Waals surface area contributed by atoms with E-state index < -0.39 is 39.9 Å². The zero-order valence-corrected chi connectivity index (χ0v) is 27.2. The third-order valence-electron chi connectivity index (χ3n) is 8.05. The maximum atomic E-state index is 14.2. The van der Waals surface area contributed by atoms with Gasteiger partial charge in [0.05, 0.1) is 17.7 Å². The van der Waals surface area contributed by atoms with Gasteiger partial charge in [-0.25, -0.2) is 4.39 Å². The molecular formula is C30H38FN2O7PSi. The minimum Gasteiger partial charge on any atom is -0.541 e. The van der Waals surface area contributed by atoms with Crippen molar-refractivity contribution in [3.8, 4) is 11.5 Å². The molecule has 0 spiro atoms. The summed E-state index contributed by atoms with van der Waals surface area (Å²) >= 11 is 0. The molecule has 0 unspecified atom stereocenters. The van der Waals surface area contributed by atoms with Gasteiger partial charge in [0.15, 0.2) is 6.35 Å². The summed E-state index contributed by atoms with van der Waals surface area (Å²) < 4.78 is 49.7. The van der Waals surface area contributed by atoms with Crippen molar-refractivity contribution in [2.24, 2.45) is 0 Å². The Morgan fingerprint density at radius 3 is 1.95 bits per heavy atom. The summed E-state index contributed by atoms with van der Waals surface area (Å²) in [5.41, 5.74) is 1.47. The van der Waals surface area contributed by atoms with Gasteiger partial charge in [0.1, 0.15) is 22.8 Å². The highest BCUT2D eigenvalue weighted by molar-refractivity contribution is 7.53. The summed E-state index contributed by atoms with van der Waals surface area (Å²) in [7, 11) is -3.83. The Balaban J connectivity index is 2.00. The van der Waals surface area contributed by atoms with E-state index in [4.69, 9.17) is 18.2 Å². The van der Waals surface area contributed by atoms with Gasteiger partial charge in [-0.05, 0) is 46.5 Å². The van der Waals surface area contributed by atoms with Crippen LogP contribution in [0.5, 0.6) is 11.5 Å². The van der Waals surface area contributed by atoms with Crippen LogP contribution in [-0.4, -0.2) is 50.6 Å². The second-order valence-electron chi connectivity index (χ2n) is 11.3. The van der Waals surface area contributed by atoms with E-state index in [1.165, 1.54) is 38.5 Å². The average Bonchev–Trinajstić information content (AvgIpc) is 3.20. The molecule has 4 rings (SSSR count). The second-order valence-corrected chi connectivity index (χ2v) is 18.9. The lowest BCUT2D eigenvalue weighted by atomic mass is 10.0. The van der Waals surface area contributed by atoms with E-state index in [0.29, 0.717) is 16.5 Å². The molecular weight excluding hydrogens is 578 g/mol. The lowest BCUT2D eigenvalue weighted by Gasteiger charge is -2.42. The SMILES string of the molecule is COP(=O)(COc1c2c(c(O[Si](C(C)C)(C(C)C)C(C)C)c3ncccc13)C(=O)N(Cc1ccc(F)cc1)C2=O)OC. The molecule has 12 heteroatoms. The molecule has 1 aromatic heterocycles. The number of carbonyl (C=O) groups is 2. The van der Waals surface area contributed by atoms with E-state index in [9.17, 15) is 18.5 Å². The van der Waals surface area contributed by atoms with Crippen molar-refractivity contribution >= 4 is 38.6 Å². The minimum atomic E-state index is -3.66. The van der Waals surface area contributed by atoms with E-state index >= 15 is 0 Å². The van der Waals surface area contributed by atoms with Crippen molar-refractivity contribution in [2.75, 3.05) is 20.6 Å². The molecule has 2 aromatic carbocycles. The zero-order chi connectivity index (χ0) is 31.0. The van der Waals surface area contributed by atoms with E-state index in [1.807, 2.05) is 0 Å². The molecule has 0 fully saturated rings. The van der Waals surface area contributed by atoms with Crippen LogP contribution >= 0.6 is 7.60 Å². The summed E-state index contributed by atoms with van der Waals surface area (Å²) in [6.45, 7) is 12.7. The number of halogens is 1. The van der Waals surface area contributed by atoms with E-state index in [2.05, 4.69) is 46.5 Å². The third kappa shape index (κ3) is 5.51. The van der Waals surface area contributed by atoms with Gasteiger partial charge < -0.3 is 18.2 Å². The first-order valence-electron chi connectivity index (χ1n) is 13.9. The topological polar surface area (TPSA) is 104 Å². The van der Waals surface area contributed by atoms with Crippen molar-refractivity contribution in [3.63, 3.8) is 0 Å². The monoisotopic (exact) mass is 616 g/mol. The molecule has 0 saturated carbocycles. The predicted octanol–water partition coefficient (Wildman–Crippen LogP) is 7.55. The lowest BCUT2D eigenvalue weighted by Crippen LogP contribution is -2.51. The van der Waals surface area contributed by atoms with Crippen molar-refractivity contribution in [2.45, 2.75) is 64.7 Å². The van der Waals surface area contributed by atoms with E-state index in [0.717, 1.165) is 4.90 Å². The second kappa shape index (κ2) is 12.2. The quantitative estimate of drug-likeness (QED) is 0.117. The fraction of sp³-hybridized carbons (Fsp3) is 0.433. The summed E-state index contributed by atoms with van der Waals surface area (Å²) in [6, 6.07) is 9.00. The number of pyridine rings is 1. The molecule has 0 radical (unpaired) electrons. The van der Waals surface area contributed by atoms with Gasteiger partial charge in [0, 0.05) is 25.8 Å². The number of benzene rings is 2. The highest BCUT2D eigenvalue weighted by atomic mass is 31.2. The summed E-state index contributed by atoms with van der Waals surface area (Å²) in [6.07, 6.45) is 1.08. The Morgan fingerprint density at radius 2 is 1.43 bits per heavy atom. The number of imide groups is 1. The van der Waals surface area contributed by atoms with Crippen LogP contribution in [0.4, 0.5) is 4.39 Å². The van der Waals surface area contributed by atoms with E-state index in [-0.39, 0.29) is 45.8 Å². The van der Waals surface area contributed by atoms with Crippen LogP contribution in [0, 0.1) is 5.82 Å². The number of fused-ring (bicyclic) bond motifs is 2. The van der Waals surface area contributed by atoms with Crippen LogP contribution in [0.3, 0.4) is 0 Å². The van der Waals surface area contributed by atoms with Crippen LogP contribution in [0.15, 0.2) is 42.6 Å². The molecule has 0 bridgehead atoms. The van der Waals surface area contributed by atoms with Gasteiger partial charge in [-0.15, -0.1) is 0 Å². The number of ether oxygens (including phenoxy) is 1. The zero-order valence-electron chi connectivity index (χ0n) is 25.3. The maximum absolute atomic E-state index is 14.2. The summed E-state index contributed by atoms with van der Waals surface area (Å²) in [5.74, 6) is -1.33. The van der Waals surface area contributed by atoms with Crippen molar-refractivity contribution in [1.82, 2.24) is 9.88 Å². The Labute approximate surface area is 247 Å². The number of carbonyl (C=O) groups excluding carboxylic acids is 2. The first-order chi connectivity index (χ1) is 19.8. The van der Waals surface area contributed by atoms with Crippen LogP contribution in [-0.2, 0) is 20.2 Å². The first kappa shape index (κ1) is 31.8. The molecule has 3 aromatic rings. The van der Waals surface area contributed by atoms with Crippen LogP contribution < -0.4 is 9.16 Å². The molecule has 2 heterocycles. The van der Waals surface area contributed by atoms with Crippen LogP contribution in [0.25, 0.3) is 10.9 Å². The third-order valence-corrected chi connectivity index (χ3v) is 15.6. The first-order valence-corrected chi connectivity index (χ1v) is 17.8. The fourth-order valence-electron chi connectivity index (χ4n) is 6.04. The number of rotatable bonds is 12. The molecule has 2 amide bonds. The predicted molar refractivity (Wildman–Crippen MR) is 161 cm³/mol. The Bertz CT molecular complexity index is 1520. The van der Waals surface area contributed by atoms with Gasteiger partial charge in [0.25, 0.3) is 20.1 Å². The highest BCUT2D eigenvalue weighted by Gasteiger charge is 2.50. The minimum absolute atomic E-state index is 0.00413. The van der Waals surface area contributed by atoms with Crippen LogP contribution in [0.1, 0.15) is 67.8 Å². The Morgan fingerprint density at radius 1 is 0.881 bits per heavy atom. The van der Waals surface area contributed by atoms with Crippen molar-refractivity contribution < 1.29 is 36.8 Å². The summed E-state index contributed by atoms with van der Waals surface area (Å²) in [5, 5.41) is 0.425. The average molecular weight is 617 g/mol. The number of amides is 2. The largest absolute Gasteiger partial charge is 0.541 e. The van der Waals surface area contributed by atoms with Gasteiger partial charge >= 0.3 is 7.60 Å². The molecule has 42 heavy (non-hydrogen) atoms. The molecule has 1 aliphatic heterocycles. The molecule has 0 aliphatic carbocycles. The number of hydrogen-bond acceptors (Lipinski definition) is 8. The van der Waals surface area contributed by atoms with Crippen LogP contribution in [0.2, 0.25) is 16.6 Å². The number of aromatic nitrogens is 1. The molecule has 226 valence electrons. The standard InChI is InChI=1S/C30H38FN2O7PSi/c1-18(2)42(19(3)4,20(5)6)40-28-25-24(29(34)33(30(25)35)16-21-11-13-22(31)14-12-21)27(23-10-9-15-32-26(23)28)39-17-41(36,37-7)38-8/h9-15,18-20H,16-17H2,1-8H3. The number of hydrogen-bond donors (Lipinski definition) is 0. The molecule has 0 atom stereocenters. The van der Waals surface area contributed by atoms with Gasteiger partial charge in [-0.3, -0.25) is 24.0 Å². The highest BCUT2D eigenvalue weighted by Crippen LogP contribution is 2.52. The van der Waals surface area contributed by atoms with E-state index in [1.54, 1.807) is 18.3 Å². The Kier molecular flexibility index (Phi) is 9.27. The molecule has 0 N–H and O–H groups in total. The van der Waals surface area contributed by atoms with Gasteiger partial charge in [-0.1, -0.05) is 53.7 Å². The fourth-order valence-corrected chi connectivity index (χ4v) is 11.9. The lowest BCUT2D eigenvalue weighted by molar-refractivity contribution is 0.0640. The molecule has 1 aliphatic rings. The summed E-state index contributed by atoms with van der Waals surface area (Å²) in [4.78, 5) is 34.0. The maximum Gasteiger partial charge on any atom is 0.367 e. The Hall–Kier alpha value is -3.11. The smallest absolute Gasteiger partial charge is 0.367 e. The van der Waals surface area contributed by atoms with Crippen molar-refractivity contribution in [3.05, 3.63) is 65.1 Å². The number of nitrogens with zero attached hydrogens (tertiary/aromatic N) is 2. The van der Waals surface area contributed by atoms with Gasteiger partial charge in [-0.2, -0.15) is 0 Å². The van der Waals surface area contributed by atoms with Gasteiger partial charge in [0.2, 0.25) is 0 Å². The van der Waals surface area contributed by atoms with Crippen molar-refractivity contribution in [1.29, 1.82) is 0 Å². The normalized spacial score (nSPS) is 14.0.